The van der Waals surface area contributed by atoms with E-state index in [1.54, 1.807) is 0 Å². The lowest BCUT2D eigenvalue weighted by molar-refractivity contribution is 0.453. The second kappa shape index (κ2) is 6.94. The zero-order valence-electron chi connectivity index (χ0n) is 13.9. The second-order valence-electron chi connectivity index (χ2n) is 5.63. The highest BCUT2D eigenvalue weighted by molar-refractivity contribution is 5.26. The molecule has 116 valence electrons. The first-order valence-electron chi connectivity index (χ1n) is 7.88. The van der Waals surface area contributed by atoms with Gasteiger partial charge in [0.25, 0.3) is 0 Å². The number of aromatic nitrogens is 2. The minimum absolute atomic E-state index is 0.710. The van der Waals surface area contributed by atoms with Crippen LogP contribution in [-0.4, -0.2) is 16.3 Å². The first kappa shape index (κ1) is 15.8. The molecule has 0 aliphatic carbocycles. The van der Waals surface area contributed by atoms with E-state index in [2.05, 4.69) is 48.9 Å². The summed E-state index contributed by atoms with van der Waals surface area (Å²) in [6, 6.07) is 2.15. The first-order valence-corrected chi connectivity index (χ1v) is 7.88. The van der Waals surface area contributed by atoms with Crippen molar-refractivity contribution in [2.24, 2.45) is 0 Å². The van der Waals surface area contributed by atoms with Crippen molar-refractivity contribution in [1.82, 2.24) is 15.1 Å². The highest BCUT2D eigenvalue weighted by atomic mass is 16.3. The Bertz CT molecular complexity index is 595. The van der Waals surface area contributed by atoms with Crippen LogP contribution in [0, 0.1) is 20.8 Å². The molecule has 0 aliphatic rings. The molecule has 0 spiro atoms. The van der Waals surface area contributed by atoms with Gasteiger partial charge in [-0.05, 0) is 51.8 Å². The standard InChI is InChI=1S/C17H27N3O/c1-6-8-18-10-15-9-16(21-14(15)5)11-20-13(4)17(7-2)12(3)19-20/h9,18H,6-8,10-11H2,1-5H3. The molecule has 1 N–H and O–H groups in total. The fourth-order valence-corrected chi connectivity index (χ4v) is 2.79. The molecule has 0 aromatic carbocycles. The van der Waals surface area contributed by atoms with Gasteiger partial charge in [-0.3, -0.25) is 4.68 Å². The fourth-order valence-electron chi connectivity index (χ4n) is 2.79. The van der Waals surface area contributed by atoms with Gasteiger partial charge in [-0.25, -0.2) is 0 Å². The Balaban J connectivity index is 2.11. The van der Waals surface area contributed by atoms with Gasteiger partial charge < -0.3 is 9.73 Å². The van der Waals surface area contributed by atoms with E-state index in [0.717, 1.165) is 43.1 Å². The lowest BCUT2D eigenvalue weighted by Crippen LogP contribution is -2.13. The van der Waals surface area contributed by atoms with Crippen molar-refractivity contribution < 1.29 is 4.42 Å². The van der Waals surface area contributed by atoms with E-state index in [-0.39, 0.29) is 0 Å². The average molecular weight is 289 g/mol. The molecule has 4 nitrogen and oxygen atoms in total. The Kier molecular flexibility index (Phi) is 5.23. The number of nitrogens with zero attached hydrogens (tertiary/aromatic N) is 2. The van der Waals surface area contributed by atoms with E-state index in [4.69, 9.17) is 4.42 Å². The van der Waals surface area contributed by atoms with Crippen LogP contribution in [0.2, 0.25) is 0 Å². The maximum Gasteiger partial charge on any atom is 0.125 e. The average Bonchev–Trinajstić information content (AvgIpc) is 2.91. The van der Waals surface area contributed by atoms with Crippen molar-refractivity contribution in [3.63, 3.8) is 0 Å². The molecule has 0 fully saturated rings. The van der Waals surface area contributed by atoms with E-state index in [9.17, 15) is 0 Å². The first-order chi connectivity index (χ1) is 10.1. The summed E-state index contributed by atoms with van der Waals surface area (Å²) in [5.41, 5.74) is 4.97. The van der Waals surface area contributed by atoms with Gasteiger partial charge in [0.15, 0.2) is 0 Å². The van der Waals surface area contributed by atoms with Crippen molar-refractivity contribution in [3.8, 4) is 0 Å². The molecule has 2 rings (SSSR count). The van der Waals surface area contributed by atoms with Crippen molar-refractivity contribution in [2.75, 3.05) is 6.54 Å². The van der Waals surface area contributed by atoms with Crippen molar-refractivity contribution in [3.05, 3.63) is 40.1 Å². The Hall–Kier alpha value is -1.55. The van der Waals surface area contributed by atoms with Crippen LogP contribution in [0.3, 0.4) is 0 Å². The third-order valence-electron chi connectivity index (χ3n) is 4.00. The number of aryl methyl sites for hydroxylation is 2. The third kappa shape index (κ3) is 3.56. The Morgan fingerprint density at radius 2 is 2.00 bits per heavy atom. The molecule has 0 aliphatic heterocycles. The summed E-state index contributed by atoms with van der Waals surface area (Å²) in [7, 11) is 0. The van der Waals surface area contributed by atoms with Gasteiger partial charge in [-0.2, -0.15) is 5.10 Å². The van der Waals surface area contributed by atoms with E-state index >= 15 is 0 Å². The minimum Gasteiger partial charge on any atom is -0.464 e. The summed E-state index contributed by atoms with van der Waals surface area (Å²) in [4.78, 5) is 0. The Labute approximate surface area is 127 Å². The molecule has 0 unspecified atom stereocenters. The van der Waals surface area contributed by atoms with Crippen LogP contribution >= 0.6 is 0 Å². The van der Waals surface area contributed by atoms with E-state index in [0.29, 0.717) is 6.54 Å². The van der Waals surface area contributed by atoms with Crippen LogP contribution in [0.15, 0.2) is 10.5 Å². The van der Waals surface area contributed by atoms with Crippen LogP contribution in [-0.2, 0) is 19.5 Å². The zero-order valence-corrected chi connectivity index (χ0v) is 13.9. The predicted octanol–water partition coefficient (Wildman–Crippen LogP) is 3.51. The van der Waals surface area contributed by atoms with Crippen molar-refractivity contribution in [2.45, 2.75) is 60.5 Å². The highest BCUT2D eigenvalue weighted by Gasteiger charge is 2.13. The molecule has 0 radical (unpaired) electrons. The number of nitrogens with one attached hydrogen (secondary N) is 1. The van der Waals surface area contributed by atoms with Crippen LogP contribution in [0.4, 0.5) is 0 Å². The molecule has 0 bridgehead atoms. The molecule has 2 aromatic rings. The second-order valence-corrected chi connectivity index (χ2v) is 5.63. The van der Waals surface area contributed by atoms with E-state index in [1.807, 2.05) is 6.92 Å². The lowest BCUT2D eigenvalue weighted by Gasteiger charge is -2.02. The molecular weight excluding hydrogens is 262 g/mol. The smallest absolute Gasteiger partial charge is 0.125 e. The third-order valence-corrected chi connectivity index (χ3v) is 4.00. The number of hydrogen-bond acceptors (Lipinski definition) is 3. The van der Waals surface area contributed by atoms with Crippen LogP contribution in [0.5, 0.6) is 0 Å². The van der Waals surface area contributed by atoms with Crippen molar-refractivity contribution >= 4 is 0 Å². The molecule has 0 atom stereocenters. The molecular formula is C17H27N3O. The highest BCUT2D eigenvalue weighted by Crippen LogP contribution is 2.19. The topological polar surface area (TPSA) is 43.0 Å². The number of hydrogen-bond donors (Lipinski definition) is 1. The maximum atomic E-state index is 5.89. The quantitative estimate of drug-likeness (QED) is 0.793. The molecule has 4 heteroatoms. The van der Waals surface area contributed by atoms with Gasteiger partial charge in [-0.1, -0.05) is 13.8 Å². The van der Waals surface area contributed by atoms with Gasteiger partial charge in [0, 0.05) is 17.8 Å². The Morgan fingerprint density at radius 3 is 2.62 bits per heavy atom. The number of furan rings is 1. The molecule has 21 heavy (non-hydrogen) atoms. The summed E-state index contributed by atoms with van der Waals surface area (Å²) < 4.78 is 7.94. The summed E-state index contributed by atoms with van der Waals surface area (Å²) in [5, 5.41) is 8.05. The van der Waals surface area contributed by atoms with Crippen LogP contribution < -0.4 is 5.32 Å². The van der Waals surface area contributed by atoms with Crippen LogP contribution in [0.25, 0.3) is 0 Å². The van der Waals surface area contributed by atoms with Crippen molar-refractivity contribution in [1.29, 1.82) is 0 Å². The summed E-state index contributed by atoms with van der Waals surface area (Å²) >= 11 is 0. The largest absolute Gasteiger partial charge is 0.464 e. The molecule has 2 aromatic heterocycles. The Morgan fingerprint density at radius 1 is 1.24 bits per heavy atom. The lowest BCUT2D eigenvalue weighted by atomic mass is 10.1. The summed E-state index contributed by atoms with van der Waals surface area (Å²) in [6.07, 6.45) is 2.18. The van der Waals surface area contributed by atoms with E-state index in [1.165, 1.54) is 16.8 Å². The number of rotatable bonds is 7. The van der Waals surface area contributed by atoms with Gasteiger partial charge in [0.1, 0.15) is 11.5 Å². The monoisotopic (exact) mass is 289 g/mol. The molecule has 0 saturated heterocycles. The zero-order chi connectivity index (χ0) is 15.4. The predicted molar refractivity (Wildman–Crippen MR) is 85.6 cm³/mol. The summed E-state index contributed by atoms with van der Waals surface area (Å²) in [6.45, 7) is 13.2. The minimum atomic E-state index is 0.710. The molecule has 0 amide bonds. The maximum absolute atomic E-state index is 5.89. The fraction of sp³-hybridized carbons (Fsp3) is 0.588. The molecule has 2 heterocycles. The van der Waals surface area contributed by atoms with E-state index < -0.39 is 0 Å². The normalized spacial score (nSPS) is 11.3. The van der Waals surface area contributed by atoms with Gasteiger partial charge in [-0.15, -0.1) is 0 Å². The van der Waals surface area contributed by atoms with Gasteiger partial charge in [0.05, 0.1) is 12.2 Å². The SMILES string of the molecule is CCCNCc1cc(Cn2nc(C)c(CC)c2C)oc1C. The van der Waals surface area contributed by atoms with Crippen LogP contribution in [0.1, 0.15) is 54.3 Å². The van der Waals surface area contributed by atoms with Gasteiger partial charge in [0.2, 0.25) is 0 Å². The summed E-state index contributed by atoms with van der Waals surface area (Å²) in [5.74, 6) is 1.99. The van der Waals surface area contributed by atoms with Gasteiger partial charge >= 0.3 is 0 Å². The molecule has 0 saturated carbocycles.